The normalized spacial score (nSPS) is 16.0. The fraction of sp³-hybridized carbons (Fsp3) is 0.120. The number of hydrogen-bond acceptors (Lipinski definition) is 5. The van der Waals surface area contributed by atoms with Gasteiger partial charge in [0.25, 0.3) is 0 Å². The Morgan fingerprint density at radius 1 is 0.943 bits per heavy atom. The summed E-state index contributed by atoms with van der Waals surface area (Å²) in [4.78, 5) is 4.39. The van der Waals surface area contributed by atoms with E-state index in [0.717, 1.165) is 10.9 Å². The molecule has 0 saturated carbocycles. The van der Waals surface area contributed by atoms with Crippen molar-refractivity contribution >= 4 is 67.1 Å². The molecule has 1 atom stereocenters. The number of benzene rings is 3. The van der Waals surface area contributed by atoms with Crippen molar-refractivity contribution in [3.8, 4) is 0 Å². The molecule has 1 N–H and O–H groups in total. The molecule has 0 bridgehead atoms. The van der Waals surface area contributed by atoms with Crippen molar-refractivity contribution in [2.75, 3.05) is 11.6 Å². The Morgan fingerprint density at radius 3 is 2.46 bits per heavy atom. The van der Waals surface area contributed by atoms with E-state index >= 15 is 0 Å². The molecule has 2 heterocycles. The molecule has 10 heteroatoms. The highest BCUT2D eigenvalue weighted by molar-refractivity contribution is 7.89. The summed E-state index contributed by atoms with van der Waals surface area (Å²) in [6.45, 7) is 0.0390. The minimum atomic E-state index is -3.83. The van der Waals surface area contributed by atoms with Crippen LogP contribution in [0.2, 0.25) is 15.1 Å². The number of pyridine rings is 1. The lowest BCUT2D eigenvalue weighted by Crippen LogP contribution is -2.29. The van der Waals surface area contributed by atoms with Crippen LogP contribution in [0, 0.1) is 0 Å². The maximum atomic E-state index is 13.2. The molecular formula is C25H19Cl3N4O2S. The molecule has 35 heavy (non-hydrogen) atoms. The summed E-state index contributed by atoms with van der Waals surface area (Å²) >= 11 is 18.7. The first kappa shape index (κ1) is 24.0. The van der Waals surface area contributed by atoms with E-state index in [1.807, 2.05) is 36.4 Å². The molecule has 0 radical (unpaired) electrons. The number of nitrogens with zero attached hydrogens (tertiary/aromatic N) is 3. The minimum absolute atomic E-state index is 0.0390. The van der Waals surface area contributed by atoms with Crippen LogP contribution in [0.15, 0.2) is 89.0 Å². The van der Waals surface area contributed by atoms with Gasteiger partial charge in [-0.2, -0.15) is 5.10 Å². The zero-order valence-corrected chi connectivity index (χ0v) is 21.3. The molecule has 1 aliphatic rings. The molecule has 1 aromatic heterocycles. The summed E-state index contributed by atoms with van der Waals surface area (Å²) in [6, 6.07) is 21.1. The van der Waals surface area contributed by atoms with Gasteiger partial charge in [-0.15, -0.1) is 0 Å². The summed E-state index contributed by atoms with van der Waals surface area (Å²) in [5.41, 5.74) is 2.73. The van der Waals surface area contributed by atoms with Crippen molar-refractivity contribution in [2.45, 2.75) is 17.4 Å². The number of halogens is 3. The second-order valence-corrected chi connectivity index (χ2v) is 11.0. The van der Waals surface area contributed by atoms with Crippen LogP contribution in [-0.2, 0) is 10.0 Å². The second-order valence-electron chi connectivity index (χ2n) is 8.03. The molecule has 6 nitrogen and oxygen atoms in total. The zero-order valence-electron chi connectivity index (χ0n) is 18.2. The fourth-order valence-corrected chi connectivity index (χ4v) is 5.88. The van der Waals surface area contributed by atoms with E-state index in [2.05, 4.69) is 9.71 Å². The van der Waals surface area contributed by atoms with Crippen LogP contribution in [-0.4, -0.2) is 25.7 Å². The second kappa shape index (κ2) is 9.76. The van der Waals surface area contributed by atoms with Crippen molar-refractivity contribution in [3.63, 3.8) is 0 Å². The lowest BCUT2D eigenvalue weighted by molar-refractivity contribution is 0.587. The zero-order chi connectivity index (χ0) is 24.6. The number of fused-ring (bicyclic) bond motifs is 1. The molecule has 178 valence electrons. The molecule has 1 aliphatic heterocycles. The first-order chi connectivity index (χ1) is 16.8. The van der Waals surface area contributed by atoms with Gasteiger partial charge in [0.05, 0.1) is 34.5 Å². The SMILES string of the molecule is O=S(=O)(NCC1=NN(c2ccc(Cl)cc2Cl)C(c2ccc(Cl)cc2)C1)c1cccc2cccnc12. The molecule has 5 rings (SSSR count). The van der Waals surface area contributed by atoms with Crippen LogP contribution in [0.4, 0.5) is 5.69 Å². The van der Waals surface area contributed by atoms with E-state index in [1.165, 1.54) is 0 Å². The van der Waals surface area contributed by atoms with Crippen LogP contribution in [0.5, 0.6) is 0 Å². The van der Waals surface area contributed by atoms with Crippen molar-refractivity contribution in [2.24, 2.45) is 5.10 Å². The number of hydrogen-bond donors (Lipinski definition) is 1. The number of anilines is 1. The number of hydrazone groups is 1. The lowest BCUT2D eigenvalue weighted by atomic mass is 10.0. The van der Waals surface area contributed by atoms with Gasteiger partial charge in [0.2, 0.25) is 10.0 Å². The van der Waals surface area contributed by atoms with E-state index < -0.39 is 10.0 Å². The molecule has 0 fully saturated rings. The minimum Gasteiger partial charge on any atom is -0.256 e. The fourth-order valence-electron chi connectivity index (χ4n) is 4.06. The van der Waals surface area contributed by atoms with Crippen molar-refractivity contribution < 1.29 is 8.42 Å². The maximum Gasteiger partial charge on any atom is 0.243 e. The molecule has 0 spiro atoms. The van der Waals surface area contributed by atoms with Gasteiger partial charge < -0.3 is 0 Å². The van der Waals surface area contributed by atoms with Crippen LogP contribution in [0.3, 0.4) is 0 Å². The highest BCUT2D eigenvalue weighted by Gasteiger charge is 2.31. The summed E-state index contributed by atoms with van der Waals surface area (Å²) in [7, 11) is -3.83. The van der Waals surface area contributed by atoms with Gasteiger partial charge in [0, 0.05) is 28.0 Å². The van der Waals surface area contributed by atoms with Crippen LogP contribution >= 0.6 is 34.8 Å². The molecule has 0 saturated heterocycles. The first-order valence-electron chi connectivity index (χ1n) is 10.7. The predicted molar refractivity (Wildman–Crippen MR) is 142 cm³/mol. The number of aromatic nitrogens is 1. The number of rotatable bonds is 6. The summed E-state index contributed by atoms with van der Waals surface area (Å²) < 4.78 is 29.0. The van der Waals surface area contributed by atoms with Gasteiger partial charge in [-0.3, -0.25) is 9.99 Å². The van der Waals surface area contributed by atoms with Gasteiger partial charge >= 0.3 is 0 Å². The Kier molecular flexibility index (Phi) is 6.70. The van der Waals surface area contributed by atoms with Gasteiger partial charge in [0.1, 0.15) is 4.90 Å². The van der Waals surface area contributed by atoms with E-state index in [0.29, 0.717) is 38.4 Å². The Balaban J connectivity index is 1.44. The number of nitrogens with one attached hydrogen (secondary N) is 1. The van der Waals surface area contributed by atoms with Crippen molar-refractivity contribution in [1.82, 2.24) is 9.71 Å². The molecule has 0 aliphatic carbocycles. The van der Waals surface area contributed by atoms with Gasteiger partial charge in [0.15, 0.2) is 0 Å². The molecule has 0 amide bonds. The van der Waals surface area contributed by atoms with Gasteiger partial charge in [-0.05, 0) is 48.0 Å². The number of para-hydroxylation sites is 1. The molecule has 4 aromatic rings. The van der Waals surface area contributed by atoms with E-state index in [1.54, 1.807) is 47.6 Å². The summed E-state index contributed by atoms with van der Waals surface area (Å²) in [5, 5.41) is 8.87. The number of sulfonamides is 1. The third kappa shape index (κ3) is 5.01. The van der Waals surface area contributed by atoms with Crippen LogP contribution in [0.1, 0.15) is 18.0 Å². The smallest absolute Gasteiger partial charge is 0.243 e. The lowest BCUT2D eigenvalue weighted by Gasteiger charge is -2.25. The molecular weight excluding hydrogens is 527 g/mol. The van der Waals surface area contributed by atoms with E-state index in [9.17, 15) is 8.42 Å². The highest BCUT2D eigenvalue weighted by Crippen LogP contribution is 2.39. The monoisotopic (exact) mass is 544 g/mol. The Morgan fingerprint density at radius 2 is 1.69 bits per heavy atom. The standard InChI is InChI=1S/C25H19Cl3N4O2S/c26-18-8-6-16(7-9-18)23-14-20(31-32(23)22-11-10-19(27)13-21(22)28)15-30-35(33,34)24-5-1-3-17-4-2-12-29-25(17)24/h1-13,23,30H,14-15H2. The predicted octanol–water partition coefficient (Wildman–Crippen LogP) is 6.48. The summed E-state index contributed by atoms with van der Waals surface area (Å²) in [6.07, 6.45) is 2.07. The van der Waals surface area contributed by atoms with Crippen LogP contribution in [0.25, 0.3) is 10.9 Å². The average molecular weight is 546 g/mol. The van der Waals surface area contributed by atoms with E-state index in [4.69, 9.17) is 39.9 Å². The third-order valence-corrected chi connectivity index (χ3v) is 7.96. The molecule has 1 unspecified atom stereocenters. The Bertz CT molecular complexity index is 1540. The van der Waals surface area contributed by atoms with Gasteiger partial charge in [-0.1, -0.05) is 65.1 Å². The Hall–Kier alpha value is -2.68. The largest absolute Gasteiger partial charge is 0.256 e. The van der Waals surface area contributed by atoms with E-state index in [-0.39, 0.29) is 17.5 Å². The summed E-state index contributed by atoms with van der Waals surface area (Å²) in [5.74, 6) is 0. The first-order valence-corrected chi connectivity index (χ1v) is 13.3. The topological polar surface area (TPSA) is 74.7 Å². The Labute approximate surface area is 218 Å². The van der Waals surface area contributed by atoms with Gasteiger partial charge in [-0.25, -0.2) is 13.1 Å². The van der Waals surface area contributed by atoms with Crippen LogP contribution < -0.4 is 9.73 Å². The van der Waals surface area contributed by atoms with Crippen molar-refractivity contribution in [3.05, 3.63) is 99.6 Å². The molecule has 3 aromatic carbocycles. The average Bonchev–Trinajstić information content (AvgIpc) is 3.27. The van der Waals surface area contributed by atoms with Crippen molar-refractivity contribution in [1.29, 1.82) is 0 Å². The third-order valence-electron chi connectivity index (χ3n) is 5.74. The maximum absolute atomic E-state index is 13.2. The quantitative estimate of drug-likeness (QED) is 0.301. The highest BCUT2D eigenvalue weighted by atomic mass is 35.5.